The predicted octanol–water partition coefficient (Wildman–Crippen LogP) is 4.14. The summed E-state index contributed by atoms with van der Waals surface area (Å²) in [6.45, 7) is 1.35. The van der Waals surface area contributed by atoms with Gasteiger partial charge < -0.3 is 25.8 Å². The quantitative estimate of drug-likeness (QED) is 0.446. The summed E-state index contributed by atoms with van der Waals surface area (Å²) in [4.78, 5) is 36.0. The molecule has 4 N–H and O–H groups in total. The second-order valence-corrected chi connectivity index (χ2v) is 6.89. The summed E-state index contributed by atoms with van der Waals surface area (Å²) >= 11 is 0. The molecule has 3 rings (SSSR count). The van der Waals surface area contributed by atoms with Crippen molar-refractivity contribution in [3.63, 3.8) is 0 Å². The topological polar surface area (TPSA) is 117 Å². The zero-order valence-electron chi connectivity index (χ0n) is 17.5. The molecular formula is C23H19F2N3O5. The number of aromatic hydroxyl groups is 1. The number of carbonyl (C=O) groups is 3. The van der Waals surface area contributed by atoms with Gasteiger partial charge in [-0.1, -0.05) is 0 Å². The van der Waals surface area contributed by atoms with E-state index < -0.39 is 29.2 Å². The first-order valence-corrected chi connectivity index (χ1v) is 9.53. The van der Waals surface area contributed by atoms with Crippen molar-refractivity contribution in [3.05, 3.63) is 77.4 Å². The van der Waals surface area contributed by atoms with Crippen molar-refractivity contribution < 1.29 is 33.0 Å². The van der Waals surface area contributed by atoms with Crippen LogP contribution in [0.5, 0.6) is 11.5 Å². The molecule has 0 aliphatic heterocycles. The largest absolute Gasteiger partial charge is 0.507 e. The highest BCUT2D eigenvalue weighted by atomic mass is 19.1. The van der Waals surface area contributed by atoms with Crippen LogP contribution in [0.2, 0.25) is 0 Å². The molecule has 10 heteroatoms. The Labute approximate surface area is 187 Å². The Morgan fingerprint density at radius 3 is 2.03 bits per heavy atom. The Morgan fingerprint density at radius 2 is 1.42 bits per heavy atom. The van der Waals surface area contributed by atoms with Crippen molar-refractivity contribution >= 4 is 34.8 Å². The fourth-order valence-corrected chi connectivity index (χ4v) is 2.95. The van der Waals surface area contributed by atoms with E-state index in [0.717, 1.165) is 18.2 Å². The van der Waals surface area contributed by atoms with E-state index in [9.17, 15) is 28.3 Å². The number of benzene rings is 3. The van der Waals surface area contributed by atoms with Crippen LogP contribution in [0, 0.1) is 11.6 Å². The molecule has 0 aromatic heterocycles. The van der Waals surface area contributed by atoms with Crippen LogP contribution in [0.15, 0.2) is 54.6 Å². The number of ether oxygens (including phenoxy) is 1. The smallest absolute Gasteiger partial charge is 0.259 e. The molecule has 3 aromatic rings. The van der Waals surface area contributed by atoms with Gasteiger partial charge in [-0.25, -0.2) is 8.78 Å². The number of carbonyl (C=O) groups excluding carboxylic acids is 3. The molecule has 0 bridgehead atoms. The minimum atomic E-state index is -0.906. The van der Waals surface area contributed by atoms with Crippen LogP contribution in [-0.2, 0) is 4.79 Å². The average Bonchev–Trinajstić information content (AvgIpc) is 2.73. The van der Waals surface area contributed by atoms with E-state index in [4.69, 9.17) is 4.74 Å². The molecule has 3 amide bonds. The molecule has 0 radical (unpaired) electrons. The highest BCUT2D eigenvalue weighted by molar-refractivity contribution is 6.08. The number of amides is 3. The predicted molar refractivity (Wildman–Crippen MR) is 118 cm³/mol. The summed E-state index contributed by atoms with van der Waals surface area (Å²) in [5.74, 6) is -3.65. The molecule has 0 aliphatic carbocycles. The Balaban J connectivity index is 1.73. The van der Waals surface area contributed by atoms with E-state index in [1.807, 2.05) is 0 Å². The summed E-state index contributed by atoms with van der Waals surface area (Å²) in [7, 11) is 1.41. The first-order valence-electron chi connectivity index (χ1n) is 9.53. The van der Waals surface area contributed by atoms with E-state index in [-0.39, 0.29) is 22.7 Å². The van der Waals surface area contributed by atoms with Crippen LogP contribution in [0.1, 0.15) is 27.6 Å². The van der Waals surface area contributed by atoms with E-state index in [1.54, 1.807) is 6.07 Å². The van der Waals surface area contributed by atoms with E-state index in [0.29, 0.717) is 23.2 Å². The minimum Gasteiger partial charge on any atom is -0.507 e. The maximum atomic E-state index is 13.3. The molecule has 0 atom stereocenters. The van der Waals surface area contributed by atoms with Crippen LogP contribution in [0.25, 0.3) is 0 Å². The average molecular weight is 455 g/mol. The number of hydrogen-bond acceptors (Lipinski definition) is 5. The molecule has 0 saturated carbocycles. The summed E-state index contributed by atoms with van der Waals surface area (Å²) in [5.41, 5.74) is 0.542. The van der Waals surface area contributed by atoms with Gasteiger partial charge >= 0.3 is 0 Å². The maximum absolute atomic E-state index is 13.3. The highest BCUT2D eigenvalue weighted by Gasteiger charge is 2.15. The minimum absolute atomic E-state index is 0.0882. The lowest BCUT2D eigenvalue weighted by molar-refractivity contribution is -0.114. The van der Waals surface area contributed by atoms with Crippen molar-refractivity contribution in [2.45, 2.75) is 6.92 Å². The Morgan fingerprint density at radius 1 is 0.818 bits per heavy atom. The van der Waals surface area contributed by atoms with Crippen LogP contribution in [0.3, 0.4) is 0 Å². The van der Waals surface area contributed by atoms with Crippen molar-refractivity contribution in [1.29, 1.82) is 0 Å². The third-order valence-electron chi connectivity index (χ3n) is 4.40. The molecule has 33 heavy (non-hydrogen) atoms. The Kier molecular flexibility index (Phi) is 6.87. The van der Waals surface area contributed by atoms with Gasteiger partial charge in [0.25, 0.3) is 11.8 Å². The number of rotatable bonds is 6. The van der Waals surface area contributed by atoms with Crippen LogP contribution >= 0.6 is 0 Å². The van der Waals surface area contributed by atoms with Crippen LogP contribution in [0.4, 0.5) is 25.8 Å². The number of nitrogens with one attached hydrogen (secondary N) is 3. The molecule has 0 spiro atoms. The first-order chi connectivity index (χ1) is 15.7. The van der Waals surface area contributed by atoms with Gasteiger partial charge in [0.2, 0.25) is 5.91 Å². The lowest BCUT2D eigenvalue weighted by Crippen LogP contribution is -2.14. The fourth-order valence-electron chi connectivity index (χ4n) is 2.95. The molecule has 0 fully saturated rings. The van der Waals surface area contributed by atoms with Crippen molar-refractivity contribution in [2.75, 3.05) is 23.1 Å². The zero-order chi connectivity index (χ0) is 24.1. The Bertz CT molecular complexity index is 1230. The number of hydrogen-bond donors (Lipinski definition) is 4. The number of halogens is 2. The summed E-state index contributed by atoms with van der Waals surface area (Å²) in [6, 6.07) is 10.7. The van der Waals surface area contributed by atoms with Crippen molar-refractivity contribution in [3.8, 4) is 11.5 Å². The van der Waals surface area contributed by atoms with Gasteiger partial charge in [0.05, 0.1) is 18.4 Å². The van der Waals surface area contributed by atoms with Gasteiger partial charge in [0.1, 0.15) is 23.1 Å². The monoisotopic (exact) mass is 455 g/mol. The van der Waals surface area contributed by atoms with Crippen molar-refractivity contribution in [1.82, 2.24) is 0 Å². The SMILES string of the molecule is COc1cc(NC(=O)c2ccc(NC(=O)c3cc(F)cc(F)c3)cc2O)ccc1NC(C)=O. The van der Waals surface area contributed by atoms with Gasteiger partial charge in [-0.3, -0.25) is 14.4 Å². The molecule has 170 valence electrons. The maximum Gasteiger partial charge on any atom is 0.259 e. The summed E-state index contributed by atoms with van der Waals surface area (Å²) in [5, 5.41) is 17.8. The third kappa shape index (κ3) is 5.82. The van der Waals surface area contributed by atoms with Gasteiger partial charge in [0.15, 0.2) is 0 Å². The molecule has 3 aromatic carbocycles. The van der Waals surface area contributed by atoms with Gasteiger partial charge in [-0.05, 0) is 36.4 Å². The number of anilines is 3. The van der Waals surface area contributed by atoms with Crippen LogP contribution < -0.4 is 20.7 Å². The van der Waals surface area contributed by atoms with Crippen molar-refractivity contribution in [2.24, 2.45) is 0 Å². The van der Waals surface area contributed by atoms with Gasteiger partial charge in [0, 0.05) is 42.1 Å². The molecule has 0 heterocycles. The molecule has 0 unspecified atom stereocenters. The number of phenols is 1. The molecule has 0 aliphatic rings. The molecule has 0 saturated heterocycles. The lowest BCUT2D eigenvalue weighted by atomic mass is 10.1. The normalized spacial score (nSPS) is 10.3. The Hall–Kier alpha value is -4.47. The van der Waals surface area contributed by atoms with Crippen LogP contribution in [-0.4, -0.2) is 29.9 Å². The first kappa shape index (κ1) is 23.2. The zero-order valence-corrected chi connectivity index (χ0v) is 17.5. The second kappa shape index (κ2) is 9.77. The summed E-state index contributed by atoms with van der Waals surface area (Å²) < 4.78 is 31.8. The number of phenolic OH excluding ortho intramolecular Hbond substituents is 1. The fraction of sp³-hybridized carbons (Fsp3) is 0.0870. The molecule has 8 nitrogen and oxygen atoms in total. The molecular weight excluding hydrogens is 436 g/mol. The van der Waals surface area contributed by atoms with E-state index in [1.165, 1.54) is 38.3 Å². The number of methoxy groups -OCH3 is 1. The third-order valence-corrected chi connectivity index (χ3v) is 4.40. The second-order valence-electron chi connectivity index (χ2n) is 6.89. The summed E-state index contributed by atoms with van der Waals surface area (Å²) in [6.07, 6.45) is 0. The van der Waals surface area contributed by atoms with E-state index >= 15 is 0 Å². The van der Waals surface area contributed by atoms with E-state index in [2.05, 4.69) is 16.0 Å². The highest BCUT2D eigenvalue weighted by Crippen LogP contribution is 2.29. The standard InChI is InChI=1S/C23H19F2N3O5/c1-12(29)26-19-6-4-17(11-21(19)33-2)28-23(32)18-5-3-16(10-20(18)30)27-22(31)13-7-14(24)9-15(25)8-13/h3-11,30H,1-2H3,(H,26,29)(H,27,31)(H,28,32). The lowest BCUT2D eigenvalue weighted by Gasteiger charge is -2.13. The van der Waals surface area contributed by atoms with Gasteiger partial charge in [-0.2, -0.15) is 0 Å². The van der Waals surface area contributed by atoms with Gasteiger partial charge in [-0.15, -0.1) is 0 Å².